The Morgan fingerprint density at radius 2 is 2.11 bits per heavy atom. The van der Waals surface area contributed by atoms with Crippen molar-refractivity contribution in [2.24, 2.45) is 0 Å². The minimum atomic E-state index is -0.493. The summed E-state index contributed by atoms with van der Waals surface area (Å²) in [6, 6.07) is 7.04. The van der Waals surface area contributed by atoms with Crippen molar-refractivity contribution >= 4 is 21.6 Å². The highest BCUT2D eigenvalue weighted by atomic mass is 79.9. The van der Waals surface area contributed by atoms with E-state index in [0.29, 0.717) is 31.8 Å². The molecule has 1 rings (SSSR count). The number of hydrogen-bond acceptors (Lipinski definition) is 4. The van der Waals surface area contributed by atoms with Crippen molar-refractivity contribution < 1.29 is 9.13 Å². The van der Waals surface area contributed by atoms with Crippen molar-refractivity contribution in [2.75, 3.05) is 31.7 Å². The third kappa shape index (κ3) is 3.92. The molecule has 0 unspecified atom stereocenters. The van der Waals surface area contributed by atoms with Gasteiger partial charge in [0.25, 0.3) is 0 Å². The van der Waals surface area contributed by atoms with Gasteiger partial charge in [0.1, 0.15) is 6.07 Å². The molecule has 0 aliphatic heterocycles. The van der Waals surface area contributed by atoms with E-state index in [-0.39, 0.29) is 10.0 Å². The lowest BCUT2D eigenvalue weighted by atomic mass is 10.2. The molecule has 0 heterocycles. The largest absolute Gasteiger partial charge is 0.383 e. The second-order valence-corrected chi connectivity index (χ2v) is 4.55. The minimum absolute atomic E-state index is 0.145. The number of nitriles is 2. The monoisotopic (exact) mass is 325 g/mol. The van der Waals surface area contributed by atoms with Gasteiger partial charge < -0.3 is 9.64 Å². The van der Waals surface area contributed by atoms with Crippen LogP contribution in [0.25, 0.3) is 0 Å². The number of benzene rings is 1. The van der Waals surface area contributed by atoms with E-state index >= 15 is 0 Å². The van der Waals surface area contributed by atoms with E-state index in [2.05, 4.69) is 15.9 Å². The molecule has 19 heavy (non-hydrogen) atoms. The molecule has 4 nitrogen and oxygen atoms in total. The summed E-state index contributed by atoms with van der Waals surface area (Å²) < 4.78 is 19.3. The maximum atomic E-state index is 14.2. The third-order valence-electron chi connectivity index (χ3n) is 2.58. The van der Waals surface area contributed by atoms with Gasteiger partial charge in [-0.2, -0.15) is 10.5 Å². The van der Waals surface area contributed by atoms with Gasteiger partial charge >= 0.3 is 0 Å². The molecule has 100 valence electrons. The van der Waals surface area contributed by atoms with Gasteiger partial charge in [-0.3, -0.25) is 0 Å². The Labute approximate surface area is 120 Å². The number of ether oxygens (including phenoxy) is 1. The van der Waals surface area contributed by atoms with E-state index in [4.69, 9.17) is 15.3 Å². The van der Waals surface area contributed by atoms with Crippen molar-refractivity contribution in [1.29, 1.82) is 10.5 Å². The van der Waals surface area contributed by atoms with Crippen molar-refractivity contribution in [3.8, 4) is 12.1 Å². The Hall–Kier alpha value is -1.63. The zero-order valence-corrected chi connectivity index (χ0v) is 12.1. The van der Waals surface area contributed by atoms with Gasteiger partial charge in [-0.25, -0.2) is 4.39 Å². The van der Waals surface area contributed by atoms with Gasteiger partial charge in [0.05, 0.1) is 34.8 Å². The van der Waals surface area contributed by atoms with Crippen molar-refractivity contribution in [3.63, 3.8) is 0 Å². The molecular weight excluding hydrogens is 313 g/mol. The average molecular weight is 326 g/mol. The fraction of sp³-hybridized carbons (Fsp3) is 0.385. The Balaban J connectivity index is 3.05. The van der Waals surface area contributed by atoms with E-state index in [1.807, 2.05) is 12.1 Å². The molecule has 0 atom stereocenters. The standard InChI is InChI=1S/C13H13BrFN3O/c1-19-8-7-18(6-2-5-16)11-4-3-10(9-17)12(14)13(11)15/h3-4H,2,6-8H2,1H3. The first-order valence-electron chi connectivity index (χ1n) is 5.64. The molecule has 0 saturated carbocycles. The number of anilines is 1. The quantitative estimate of drug-likeness (QED) is 0.806. The number of hydrogen-bond donors (Lipinski definition) is 0. The third-order valence-corrected chi connectivity index (χ3v) is 3.36. The van der Waals surface area contributed by atoms with E-state index in [0.717, 1.165) is 0 Å². The second kappa shape index (κ2) is 7.73. The van der Waals surface area contributed by atoms with Crippen LogP contribution in [0.2, 0.25) is 0 Å². The van der Waals surface area contributed by atoms with Gasteiger partial charge in [-0.15, -0.1) is 0 Å². The summed E-state index contributed by atoms with van der Waals surface area (Å²) in [6.07, 6.45) is 0.292. The highest BCUT2D eigenvalue weighted by Gasteiger charge is 2.16. The van der Waals surface area contributed by atoms with Crippen LogP contribution in [-0.2, 0) is 4.74 Å². The average Bonchev–Trinajstić information content (AvgIpc) is 2.43. The maximum Gasteiger partial charge on any atom is 0.161 e. The van der Waals surface area contributed by atoms with Crippen molar-refractivity contribution in [3.05, 3.63) is 28.0 Å². The lowest BCUT2D eigenvalue weighted by Crippen LogP contribution is -2.29. The highest BCUT2D eigenvalue weighted by Crippen LogP contribution is 2.29. The molecule has 1 aromatic carbocycles. The summed E-state index contributed by atoms with van der Waals surface area (Å²) in [5.41, 5.74) is 0.603. The Morgan fingerprint density at radius 3 is 2.68 bits per heavy atom. The smallest absolute Gasteiger partial charge is 0.161 e. The summed E-state index contributed by atoms with van der Waals surface area (Å²) in [5.74, 6) is -0.493. The van der Waals surface area contributed by atoms with Gasteiger partial charge in [0, 0.05) is 20.2 Å². The van der Waals surface area contributed by atoms with E-state index in [1.165, 1.54) is 0 Å². The van der Waals surface area contributed by atoms with Crippen molar-refractivity contribution in [1.82, 2.24) is 0 Å². The van der Waals surface area contributed by atoms with Gasteiger partial charge in [-0.05, 0) is 28.1 Å². The van der Waals surface area contributed by atoms with Crippen LogP contribution in [0.15, 0.2) is 16.6 Å². The minimum Gasteiger partial charge on any atom is -0.383 e. The summed E-state index contributed by atoms with van der Waals surface area (Å²) in [7, 11) is 1.56. The molecule has 6 heteroatoms. The molecule has 0 radical (unpaired) electrons. The van der Waals surface area contributed by atoms with Gasteiger partial charge in [0.15, 0.2) is 5.82 Å². The number of nitrogens with zero attached hydrogens (tertiary/aromatic N) is 3. The Morgan fingerprint density at radius 1 is 1.37 bits per heavy atom. The summed E-state index contributed by atoms with van der Waals surface area (Å²) in [4.78, 5) is 1.73. The molecule has 0 saturated heterocycles. The van der Waals surface area contributed by atoms with Crippen LogP contribution in [-0.4, -0.2) is 26.8 Å². The fourth-order valence-corrected chi connectivity index (χ4v) is 2.03. The van der Waals surface area contributed by atoms with Crippen LogP contribution < -0.4 is 4.90 Å². The zero-order chi connectivity index (χ0) is 14.3. The molecule has 0 N–H and O–H groups in total. The predicted octanol–water partition coefficient (Wildman–Crippen LogP) is 2.83. The van der Waals surface area contributed by atoms with Crippen molar-refractivity contribution in [2.45, 2.75) is 6.42 Å². The molecule has 0 amide bonds. The summed E-state index contributed by atoms with van der Waals surface area (Å²) >= 11 is 3.08. The second-order valence-electron chi connectivity index (χ2n) is 3.76. The predicted molar refractivity (Wildman–Crippen MR) is 73.1 cm³/mol. The van der Waals surface area contributed by atoms with E-state index < -0.39 is 5.82 Å². The van der Waals surface area contributed by atoms with Crippen LogP contribution in [0.5, 0.6) is 0 Å². The van der Waals surface area contributed by atoms with E-state index in [1.54, 1.807) is 24.1 Å². The lowest BCUT2D eigenvalue weighted by molar-refractivity contribution is 0.205. The molecule has 0 aromatic heterocycles. The van der Waals surface area contributed by atoms with Gasteiger partial charge in [-0.1, -0.05) is 0 Å². The molecule has 0 bridgehead atoms. The highest BCUT2D eigenvalue weighted by molar-refractivity contribution is 9.10. The molecule has 1 aromatic rings. The first kappa shape index (κ1) is 15.4. The molecule has 0 fully saturated rings. The molecule has 0 aliphatic carbocycles. The number of halogens is 2. The summed E-state index contributed by atoms with van der Waals surface area (Å²) in [6.45, 7) is 1.32. The normalized spacial score (nSPS) is 9.74. The van der Waals surface area contributed by atoms with Crippen LogP contribution in [0.3, 0.4) is 0 Å². The lowest BCUT2D eigenvalue weighted by Gasteiger charge is -2.24. The molecular formula is C13H13BrFN3O. The Kier molecular flexibility index (Phi) is 6.27. The molecule has 0 spiro atoms. The zero-order valence-electron chi connectivity index (χ0n) is 10.5. The first-order chi connectivity index (χ1) is 9.15. The first-order valence-corrected chi connectivity index (χ1v) is 6.44. The number of rotatable bonds is 6. The number of methoxy groups -OCH3 is 1. The van der Waals surface area contributed by atoms with Crippen LogP contribution in [0.4, 0.5) is 10.1 Å². The maximum absolute atomic E-state index is 14.2. The van der Waals surface area contributed by atoms with Crippen LogP contribution >= 0.6 is 15.9 Å². The van der Waals surface area contributed by atoms with Crippen LogP contribution in [0.1, 0.15) is 12.0 Å². The van der Waals surface area contributed by atoms with Gasteiger partial charge in [0.2, 0.25) is 0 Å². The topological polar surface area (TPSA) is 60.0 Å². The fourth-order valence-electron chi connectivity index (χ4n) is 1.61. The van der Waals surface area contributed by atoms with E-state index in [9.17, 15) is 4.39 Å². The van der Waals surface area contributed by atoms with Crippen LogP contribution in [0, 0.1) is 28.5 Å². The summed E-state index contributed by atoms with van der Waals surface area (Å²) in [5, 5.41) is 17.5. The SMILES string of the molecule is COCCN(CCC#N)c1ccc(C#N)c(Br)c1F. The Bertz CT molecular complexity index is 522. The molecule has 0 aliphatic rings.